The Kier molecular flexibility index (Phi) is 2.62. The number of nitrogens with zero attached hydrogens (tertiary/aromatic N) is 1. The van der Waals surface area contributed by atoms with E-state index in [4.69, 9.17) is 4.74 Å². The second-order valence-corrected chi connectivity index (χ2v) is 4.68. The third-order valence-corrected chi connectivity index (χ3v) is 3.15. The number of ether oxygens (including phenoxy) is 1. The average molecular weight is 258 g/mol. The number of rotatable bonds is 2. The molecule has 0 saturated carbocycles. The van der Waals surface area contributed by atoms with Crippen molar-refractivity contribution in [1.29, 1.82) is 0 Å². The van der Waals surface area contributed by atoms with Gasteiger partial charge in [0.25, 0.3) is 0 Å². The van der Waals surface area contributed by atoms with Gasteiger partial charge in [0.2, 0.25) is 0 Å². The Hall–Kier alpha value is -0.450. The maximum atomic E-state index is 5.02. The fourth-order valence-corrected chi connectivity index (χ4v) is 2.62. The van der Waals surface area contributed by atoms with Crippen LogP contribution in [0.25, 0.3) is 10.2 Å². The second-order valence-electron chi connectivity index (χ2n) is 2.65. The van der Waals surface area contributed by atoms with Gasteiger partial charge in [-0.3, -0.25) is 0 Å². The van der Waals surface area contributed by atoms with E-state index < -0.39 is 0 Å². The number of fused-ring (bicyclic) bond motifs is 1. The molecule has 0 bridgehead atoms. The number of methoxy groups -OCH3 is 1. The van der Waals surface area contributed by atoms with Crippen LogP contribution in [0.2, 0.25) is 0 Å². The number of hydrogen-bond acceptors (Lipinski definition) is 3. The van der Waals surface area contributed by atoms with Gasteiger partial charge in [0.05, 0.1) is 16.8 Å². The molecule has 0 saturated heterocycles. The van der Waals surface area contributed by atoms with Crippen molar-refractivity contribution in [2.75, 3.05) is 7.11 Å². The van der Waals surface area contributed by atoms with Gasteiger partial charge < -0.3 is 4.74 Å². The first-order valence-corrected chi connectivity index (χ1v) is 5.44. The number of thiazole rings is 1. The van der Waals surface area contributed by atoms with Crippen molar-refractivity contribution in [3.05, 3.63) is 27.7 Å². The van der Waals surface area contributed by atoms with Crippen molar-refractivity contribution in [3.8, 4) is 0 Å². The van der Waals surface area contributed by atoms with Gasteiger partial charge in [-0.05, 0) is 18.2 Å². The van der Waals surface area contributed by atoms with Crippen LogP contribution in [0.1, 0.15) is 5.01 Å². The van der Waals surface area contributed by atoms with Crippen LogP contribution in [-0.2, 0) is 11.3 Å². The van der Waals surface area contributed by atoms with Gasteiger partial charge in [0.15, 0.2) is 0 Å². The molecular formula is C9H8BrNOS. The summed E-state index contributed by atoms with van der Waals surface area (Å²) in [7, 11) is 1.68. The van der Waals surface area contributed by atoms with Crippen LogP contribution < -0.4 is 0 Å². The number of hydrogen-bond donors (Lipinski definition) is 0. The van der Waals surface area contributed by atoms with Crippen molar-refractivity contribution in [2.24, 2.45) is 0 Å². The molecule has 1 aromatic heterocycles. The number of aromatic nitrogens is 1. The molecule has 0 radical (unpaired) electrons. The molecule has 0 fully saturated rings. The van der Waals surface area contributed by atoms with E-state index in [1.54, 1.807) is 18.4 Å². The fraction of sp³-hybridized carbons (Fsp3) is 0.222. The molecule has 2 nitrogen and oxygen atoms in total. The van der Waals surface area contributed by atoms with Crippen molar-refractivity contribution in [1.82, 2.24) is 4.98 Å². The molecule has 13 heavy (non-hydrogen) atoms. The zero-order valence-electron chi connectivity index (χ0n) is 7.08. The van der Waals surface area contributed by atoms with E-state index in [0.29, 0.717) is 6.61 Å². The smallest absolute Gasteiger partial charge is 0.120 e. The van der Waals surface area contributed by atoms with Crippen LogP contribution >= 0.6 is 27.3 Å². The second kappa shape index (κ2) is 3.74. The first-order chi connectivity index (χ1) is 6.29. The molecule has 2 rings (SSSR count). The standard InChI is InChI=1S/C9H8BrNOS/c1-12-5-9-11-7-3-2-6(10)4-8(7)13-9/h2-4H,5H2,1H3. The molecule has 1 heterocycles. The van der Waals surface area contributed by atoms with E-state index in [0.717, 1.165) is 15.0 Å². The summed E-state index contributed by atoms with van der Waals surface area (Å²) >= 11 is 5.10. The van der Waals surface area contributed by atoms with Crippen LogP contribution in [0.15, 0.2) is 22.7 Å². The molecule has 68 valence electrons. The van der Waals surface area contributed by atoms with Crippen LogP contribution in [0, 0.1) is 0 Å². The third-order valence-electron chi connectivity index (χ3n) is 1.66. The summed E-state index contributed by atoms with van der Waals surface area (Å²) in [5, 5.41) is 1.02. The molecule has 0 aliphatic rings. The molecule has 0 atom stereocenters. The summed E-state index contributed by atoms with van der Waals surface area (Å²) in [6.45, 7) is 0.594. The summed E-state index contributed by atoms with van der Waals surface area (Å²) in [5.74, 6) is 0. The molecule has 2 aromatic rings. The van der Waals surface area contributed by atoms with E-state index >= 15 is 0 Å². The fourth-order valence-electron chi connectivity index (χ4n) is 1.13. The monoisotopic (exact) mass is 257 g/mol. The van der Waals surface area contributed by atoms with Crippen LogP contribution in [0.5, 0.6) is 0 Å². The highest BCUT2D eigenvalue weighted by atomic mass is 79.9. The minimum absolute atomic E-state index is 0.594. The topological polar surface area (TPSA) is 22.1 Å². The zero-order chi connectivity index (χ0) is 9.26. The maximum Gasteiger partial charge on any atom is 0.120 e. The lowest BCUT2D eigenvalue weighted by Crippen LogP contribution is -1.83. The lowest BCUT2D eigenvalue weighted by molar-refractivity contribution is 0.185. The Bertz CT molecular complexity index is 426. The number of halogens is 1. The zero-order valence-corrected chi connectivity index (χ0v) is 9.48. The average Bonchev–Trinajstić information content (AvgIpc) is 2.46. The Morgan fingerprint density at radius 2 is 2.38 bits per heavy atom. The molecular weight excluding hydrogens is 250 g/mol. The Balaban J connectivity index is 2.49. The highest BCUT2D eigenvalue weighted by molar-refractivity contribution is 9.10. The Labute approximate surface area is 88.7 Å². The van der Waals surface area contributed by atoms with Crippen molar-refractivity contribution < 1.29 is 4.74 Å². The highest BCUT2D eigenvalue weighted by Crippen LogP contribution is 2.25. The minimum Gasteiger partial charge on any atom is -0.378 e. The van der Waals surface area contributed by atoms with Gasteiger partial charge >= 0.3 is 0 Å². The minimum atomic E-state index is 0.594. The van der Waals surface area contributed by atoms with Gasteiger partial charge in [-0.15, -0.1) is 11.3 Å². The van der Waals surface area contributed by atoms with Crippen molar-refractivity contribution in [2.45, 2.75) is 6.61 Å². The van der Waals surface area contributed by atoms with E-state index in [1.165, 1.54) is 4.70 Å². The lowest BCUT2D eigenvalue weighted by Gasteiger charge is -1.88. The molecule has 0 unspecified atom stereocenters. The van der Waals surface area contributed by atoms with Gasteiger partial charge in [-0.2, -0.15) is 0 Å². The SMILES string of the molecule is COCc1nc2ccc(Br)cc2s1. The molecule has 1 aromatic carbocycles. The highest BCUT2D eigenvalue weighted by Gasteiger charge is 2.02. The molecule has 0 amide bonds. The van der Waals surface area contributed by atoms with E-state index in [9.17, 15) is 0 Å². The van der Waals surface area contributed by atoms with Crippen LogP contribution in [0.3, 0.4) is 0 Å². The molecule has 0 aliphatic carbocycles. The molecule has 0 N–H and O–H groups in total. The van der Waals surface area contributed by atoms with Crippen LogP contribution in [0.4, 0.5) is 0 Å². The predicted octanol–water partition coefficient (Wildman–Crippen LogP) is 3.21. The third kappa shape index (κ3) is 1.90. The molecule has 4 heteroatoms. The van der Waals surface area contributed by atoms with Gasteiger partial charge in [0, 0.05) is 11.6 Å². The van der Waals surface area contributed by atoms with E-state index in [-0.39, 0.29) is 0 Å². The summed E-state index contributed by atoms with van der Waals surface area (Å²) in [4.78, 5) is 4.42. The van der Waals surface area contributed by atoms with E-state index in [1.807, 2.05) is 12.1 Å². The normalized spacial score (nSPS) is 10.9. The molecule has 0 spiro atoms. The first kappa shape index (κ1) is 9.12. The summed E-state index contributed by atoms with van der Waals surface area (Å²) in [6, 6.07) is 6.08. The predicted molar refractivity (Wildman–Crippen MR) is 58.0 cm³/mol. The first-order valence-electron chi connectivity index (χ1n) is 3.83. The summed E-state index contributed by atoms with van der Waals surface area (Å²) in [5.41, 5.74) is 1.04. The van der Waals surface area contributed by atoms with Gasteiger partial charge in [-0.1, -0.05) is 15.9 Å². The van der Waals surface area contributed by atoms with Crippen molar-refractivity contribution >= 4 is 37.5 Å². The van der Waals surface area contributed by atoms with Crippen LogP contribution in [-0.4, -0.2) is 12.1 Å². The summed E-state index contributed by atoms with van der Waals surface area (Å²) < 4.78 is 7.31. The van der Waals surface area contributed by atoms with Crippen molar-refractivity contribution in [3.63, 3.8) is 0 Å². The quantitative estimate of drug-likeness (QED) is 0.825. The van der Waals surface area contributed by atoms with E-state index in [2.05, 4.69) is 27.0 Å². The number of benzene rings is 1. The van der Waals surface area contributed by atoms with Gasteiger partial charge in [-0.25, -0.2) is 4.98 Å². The van der Waals surface area contributed by atoms with Gasteiger partial charge in [0.1, 0.15) is 5.01 Å². The maximum absolute atomic E-state index is 5.02. The Morgan fingerprint density at radius 3 is 3.15 bits per heavy atom. The molecule has 0 aliphatic heterocycles. The summed E-state index contributed by atoms with van der Waals surface area (Å²) in [6.07, 6.45) is 0. The largest absolute Gasteiger partial charge is 0.378 e. The lowest BCUT2D eigenvalue weighted by atomic mass is 10.3. The Morgan fingerprint density at radius 1 is 1.54 bits per heavy atom.